The molecule has 0 N–H and O–H groups in total. The lowest BCUT2D eigenvalue weighted by molar-refractivity contribution is -0.149. The molecule has 1 aromatic rings. The van der Waals surface area contributed by atoms with Gasteiger partial charge >= 0.3 is 5.97 Å². The molecule has 0 spiro atoms. The van der Waals surface area contributed by atoms with E-state index in [1.54, 1.807) is 0 Å². The van der Waals surface area contributed by atoms with E-state index in [9.17, 15) is 4.79 Å². The van der Waals surface area contributed by atoms with Crippen LogP contribution in [0.1, 0.15) is 37.7 Å². The van der Waals surface area contributed by atoms with Gasteiger partial charge in [-0.25, -0.2) is 0 Å². The van der Waals surface area contributed by atoms with Gasteiger partial charge in [-0.1, -0.05) is 49.6 Å². The predicted octanol–water partition coefficient (Wildman–Crippen LogP) is 3.35. The van der Waals surface area contributed by atoms with Crippen LogP contribution in [0.15, 0.2) is 30.3 Å². The smallest absolute Gasteiger partial charge is 0.308 e. The summed E-state index contributed by atoms with van der Waals surface area (Å²) in [5.41, 5.74) is 1.23. The maximum Gasteiger partial charge on any atom is 0.308 e. The Balaban J connectivity index is 1.69. The van der Waals surface area contributed by atoms with Crippen molar-refractivity contribution in [3.8, 4) is 0 Å². The number of rotatable bonds is 4. The van der Waals surface area contributed by atoms with E-state index in [1.165, 1.54) is 24.8 Å². The Morgan fingerprint density at radius 1 is 1.12 bits per heavy atom. The molecule has 1 aromatic carbocycles. The average molecular weight is 232 g/mol. The van der Waals surface area contributed by atoms with Gasteiger partial charge in [-0.3, -0.25) is 4.79 Å². The number of esters is 1. The molecule has 1 aliphatic carbocycles. The van der Waals surface area contributed by atoms with Gasteiger partial charge in [0.15, 0.2) is 0 Å². The van der Waals surface area contributed by atoms with Gasteiger partial charge in [0.25, 0.3) is 0 Å². The largest absolute Gasteiger partial charge is 0.465 e. The Kier molecular flexibility index (Phi) is 4.60. The van der Waals surface area contributed by atoms with Gasteiger partial charge in [0.05, 0.1) is 12.5 Å². The first-order valence-electron chi connectivity index (χ1n) is 6.57. The Morgan fingerprint density at radius 2 is 1.82 bits per heavy atom. The molecule has 0 saturated heterocycles. The lowest BCUT2D eigenvalue weighted by atomic mass is 9.89. The quantitative estimate of drug-likeness (QED) is 0.744. The van der Waals surface area contributed by atoms with Crippen molar-refractivity contribution in [3.63, 3.8) is 0 Å². The molecule has 1 fully saturated rings. The SMILES string of the molecule is O=C(OCCc1ccccc1)C1CCCCC1. The number of hydrogen-bond acceptors (Lipinski definition) is 2. The predicted molar refractivity (Wildman–Crippen MR) is 67.7 cm³/mol. The molecule has 0 bridgehead atoms. The second-order valence-electron chi connectivity index (χ2n) is 4.74. The minimum Gasteiger partial charge on any atom is -0.465 e. The summed E-state index contributed by atoms with van der Waals surface area (Å²) < 4.78 is 5.35. The van der Waals surface area contributed by atoms with Crippen molar-refractivity contribution in [1.82, 2.24) is 0 Å². The highest BCUT2D eigenvalue weighted by Crippen LogP contribution is 2.24. The Bertz CT molecular complexity index is 339. The van der Waals surface area contributed by atoms with Crippen LogP contribution >= 0.6 is 0 Å². The third-order valence-corrected chi connectivity index (χ3v) is 3.42. The first kappa shape index (κ1) is 12.2. The molecule has 0 aliphatic heterocycles. The van der Waals surface area contributed by atoms with E-state index in [4.69, 9.17) is 4.74 Å². The number of benzene rings is 1. The fraction of sp³-hybridized carbons (Fsp3) is 0.533. The molecule has 17 heavy (non-hydrogen) atoms. The van der Waals surface area contributed by atoms with Crippen molar-refractivity contribution in [2.24, 2.45) is 5.92 Å². The summed E-state index contributed by atoms with van der Waals surface area (Å²) in [6, 6.07) is 10.1. The molecular formula is C15H20O2. The van der Waals surface area contributed by atoms with E-state index in [1.807, 2.05) is 18.2 Å². The third-order valence-electron chi connectivity index (χ3n) is 3.42. The molecule has 0 aromatic heterocycles. The van der Waals surface area contributed by atoms with Crippen LogP contribution in [0.25, 0.3) is 0 Å². The molecule has 2 heteroatoms. The molecule has 0 heterocycles. The van der Waals surface area contributed by atoms with Crippen LogP contribution < -0.4 is 0 Å². The van der Waals surface area contributed by atoms with Crippen LogP contribution in [0.2, 0.25) is 0 Å². The van der Waals surface area contributed by atoms with E-state index in [-0.39, 0.29) is 11.9 Å². The summed E-state index contributed by atoms with van der Waals surface area (Å²) in [4.78, 5) is 11.8. The minimum atomic E-state index is 0.0145. The average Bonchev–Trinajstić information content (AvgIpc) is 2.41. The molecule has 0 atom stereocenters. The third kappa shape index (κ3) is 3.88. The Labute approximate surface area is 103 Å². The molecule has 2 rings (SSSR count). The number of ether oxygens (including phenoxy) is 1. The van der Waals surface area contributed by atoms with E-state index < -0.39 is 0 Å². The first-order valence-corrected chi connectivity index (χ1v) is 6.57. The van der Waals surface area contributed by atoms with Crippen LogP contribution in [0.5, 0.6) is 0 Å². The molecule has 2 nitrogen and oxygen atoms in total. The Hall–Kier alpha value is -1.31. The van der Waals surface area contributed by atoms with E-state index in [0.29, 0.717) is 6.61 Å². The first-order chi connectivity index (χ1) is 8.36. The second kappa shape index (κ2) is 6.43. The highest BCUT2D eigenvalue weighted by Gasteiger charge is 2.22. The lowest BCUT2D eigenvalue weighted by Gasteiger charge is -2.19. The van der Waals surface area contributed by atoms with Crippen molar-refractivity contribution in [3.05, 3.63) is 35.9 Å². The van der Waals surface area contributed by atoms with Crippen molar-refractivity contribution >= 4 is 5.97 Å². The standard InChI is InChI=1S/C15H20O2/c16-15(14-9-5-2-6-10-14)17-12-11-13-7-3-1-4-8-13/h1,3-4,7-8,14H,2,5-6,9-12H2. The van der Waals surface area contributed by atoms with Crippen molar-refractivity contribution in [1.29, 1.82) is 0 Å². The van der Waals surface area contributed by atoms with E-state index >= 15 is 0 Å². The normalized spacial score (nSPS) is 16.7. The number of carbonyl (C=O) groups is 1. The molecule has 1 aliphatic rings. The zero-order chi connectivity index (χ0) is 11.9. The summed E-state index contributed by atoms with van der Waals surface area (Å²) in [6.07, 6.45) is 6.48. The van der Waals surface area contributed by atoms with Crippen molar-refractivity contribution in [2.75, 3.05) is 6.61 Å². The molecular weight excluding hydrogens is 212 g/mol. The van der Waals surface area contributed by atoms with Crippen molar-refractivity contribution in [2.45, 2.75) is 38.5 Å². The molecule has 1 saturated carbocycles. The van der Waals surface area contributed by atoms with E-state index in [2.05, 4.69) is 12.1 Å². The monoisotopic (exact) mass is 232 g/mol. The minimum absolute atomic E-state index is 0.0145. The zero-order valence-corrected chi connectivity index (χ0v) is 10.2. The van der Waals surface area contributed by atoms with E-state index in [0.717, 1.165) is 19.3 Å². The van der Waals surface area contributed by atoms with Gasteiger partial charge in [0, 0.05) is 6.42 Å². The van der Waals surface area contributed by atoms with Crippen molar-refractivity contribution < 1.29 is 9.53 Å². The van der Waals surface area contributed by atoms with Crippen LogP contribution in [-0.2, 0) is 16.0 Å². The molecule has 0 radical (unpaired) electrons. The summed E-state index contributed by atoms with van der Waals surface area (Å²) in [5, 5.41) is 0. The number of hydrogen-bond donors (Lipinski definition) is 0. The van der Waals surface area contributed by atoms with Crippen LogP contribution in [0.3, 0.4) is 0 Å². The van der Waals surface area contributed by atoms with Gasteiger partial charge in [-0.05, 0) is 18.4 Å². The number of carbonyl (C=O) groups excluding carboxylic acids is 1. The van der Waals surface area contributed by atoms with Crippen LogP contribution in [0.4, 0.5) is 0 Å². The summed E-state index contributed by atoms with van der Waals surface area (Å²) in [5.74, 6) is 0.181. The summed E-state index contributed by atoms with van der Waals surface area (Å²) in [7, 11) is 0. The van der Waals surface area contributed by atoms with Crippen LogP contribution in [0, 0.1) is 5.92 Å². The molecule has 0 amide bonds. The van der Waals surface area contributed by atoms with Gasteiger partial charge < -0.3 is 4.74 Å². The summed E-state index contributed by atoms with van der Waals surface area (Å²) >= 11 is 0. The molecule has 92 valence electrons. The highest BCUT2D eigenvalue weighted by molar-refractivity contribution is 5.72. The maximum absolute atomic E-state index is 11.8. The topological polar surface area (TPSA) is 26.3 Å². The van der Waals surface area contributed by atoms with Gasteiger partial charge in [0.1, 0.15) is 0 Å². The van der Waals surface area contributed by atoms with Gasteiger partial charge in [-0.2, -0.15) is 0 Å². The lowest BCUT2D eigenvalue weighted by Crippen LogP contribution is -2.21. The maximum atomic E-state index is 11.8. The Morgan fingerprint density at radius 3 is 2.53 bits per heavy atom. The summed E-state index contributed by atoms with van der Waals surface area (Å²) in [6.45, 7) is 0.513. The van der Waals surface area contributed by atoms with Crippen LogP contribution in [-0.4, -0.2) is 12.6 Å². The fourth-order valence-corrected chi connectivity index (χ4v) is 2.37. The molecule has 0 unspecified atom stereocenters. The highest BCUT2D eigenvalue weighted by atomic mass is 16.5. The zero-order valence-electron chi connectivity index (χ0n) is 10.2. The van der Waals surface area contributed by atoms with Gasteiger partial charge in [-0.15, -0.1) is 0 Å². The fourth-order valence-electron chi connectivity index (χ4n) is 2.37. The second-order valence-corrected chi connectivity index (χ2v) is 4.74. The van der Waals surface area contributed by atoms with Gasteiger partial charge in [0.2, 0.25) is 0 Å².